The summed E-state index contributed by atoms with van der Waals surface area (Å²) in [6, 6.07) is 4.63. The van der Waals surface area contributed by atoms with Crippen LogP contribution in [-0.4, -0.2) is 19.0 Å². The van der Waals surface area contributed by atoms with Crippen molar-refractivity contribution in [2.45, 2.75) is 44.6 Å². The number of ether oxygens (including phenoxy) is 1. The zero-order valence-corrected chi connectivity index (χ0v) is 12.2. The van der Waals surface area contributed by atoms with Gasteiger partial charge in [0.05, 0.1) is 13.2 Å². The van der Waals surface area contributed by atoms with Crippen molar-refractivity contribution < 1.29 is 18.7 Å². The van der Waals surface area contributed by atoms with E-state index in [2.05, 4.69) is 10.1 Å². The highest BCUT2D eigenvalue weighted by Crippen LogP contribution is 2.30. The molecule has 1 atom stereocenters. The van der Waals surface area contributed by atoms with Gasteiger partial charge in [0, 0.05) is 12.8 Å². The quantitative estimate of drug-likeness (QED) is 0.849. The second-order valence-corrected chi connectivity index (χ2v) is 5.29. The van der Waals surface area contributed by atoms with Gasteiger partial charge in [0.2, 0.25) is 5.91 Å². The zero-order valence-electron chi connectivity index (χ0n) is 12.2. The van der Waals surface area contributed by atoms with E-state index in [1.165, 1.54) is 19.2 Å². The Labute approximate surface area is 123 Å². The Kier molecular flexibility index (Phi) is 5.31. The summed E-state index contributed by atoms with van der Waals surface area (Å²) < 4.78 is 17.9. The lowest BCUT2D eigenvalue weighted by atomic mass is 9.87. The third-order valence-corrected chi connectivity index (χ3v) is 3.77. The Morgan fingerprint density at radius 3 is 2.95 bits per heavy atom. The molecule has 0 radical (unpaired) electrons. The Morgan fingerprint density at radius 2 is 2.19 bits per heavy atom. The third-order valence-electron chi connectivity index (χ3n) is 3.77. The van der Waals surface area contributed by atoms with Crippen LogP contribution in [0.2, 0.25) is 0 Å². The molecule has 1 aliphatic carbocycles. The van der Waals surface area contributed by atoms with Gasteiger partial charge in [0.25, 0.3) is 0 Å². The molecule has 0 aliphatic heterocycles. The van der Waals surface area contributed by atoms with Gasteiger partial charge in [-0.1, -0.05) is 6.07 Å². The Hall–Kier alpha value is -1.91. The lowest BCUT2D eigenvalue weighted by molar-refractivity contribution is -0.140. The van der Waals surface area contributed by atoms with Crippen LogP contribution in [0, 0.1) is 5.82 Å². The lowest BCUT2D eigenvalue weighted by Gasteiger charge is -2.26. The molecule has 114 valence electrons. The van der Waals surface area contributed by atoms with Crippen molar-refractivity contribution in [1.29, 1.82) is 0 Å². The first-order valence-corrected chi connectivity index (χ1v) is 7.24. The molecule has 0 saturated heterocycles. The average Bonchev–Trinajstić information content (AvgIpc) is 2.47. The molecule has 1 amide bonds. The SMILES string of the molecule is COC(=O)CCCC(=O)NC1CCCc2ccc(F)cc21. The van der Waals surface area contributed by atoms with E-state index in [9.17, 15) is 14.0 Å². The van der Waals surface area contributed by atoms with Crippen LogP contribution in [0.1, 0.15) is 49.3 Å². The fraction of sp³-hybridized carbons (Fsp3) is 0.500. The molecule has 0 fully saturated rings. The van der Waals surface area contributed by atoms with Gasteiger partial charge in [0.1, 0.15) is 5.82 Å². The normalized spacial score (nSPS) is 17.0. The van der Waals surface area contributed by atoms with Crippen molar-refractivity contribution in [3.05, 3.63) is 35.1 Å². The van der Waals surface area contributed by atoms with Crippen LogP contribution < -0.4 is 5.32 Å². The average molecular weight is 293 g/mol. The van der Waals surface area contributed by atoms with Crippen LogP contribution in [0.25, 0.3) is 0 Å². The molecule has 2 rings (SSSR count). The van der Waals surface area contributed by atoms with Crippen LogP contribution in [0.3, 0.4) is 0 Å². The molecule has 1 N–H and O–H groups in total. The summed E-state index contributed by atoms with van der Waals surface area (Å²) in [5.74, 6) is -0.700. The minimum absolute atomic E-state index is 0.110. The lowest BCUT2D eigenvalue weighted by Crippen LogP contribution is -2.31. The van der Waals surface area contributed by atoms with Crippen LogP contribution in [-0.2, 0) is 20.7 Å². The van der Waals surface area contributed by atoms with E-state index in [1.807, 2.05) is 0 Å². The number of hydrogen-bond donors (Lipinski definition) is 1. The monoisotopic (exact) mass is 293 g/mol. The molecule has 0 aromatic heterocycles. The predicted molar refractivity (Wildman–Crippen MR) is 76.1 cm³/mol. The van der Waals surface area contributed by atoms with Gasteiger partial charge in [0.15, 0.2) is 0 Å². The van der Waals surface area contributed by atoms with Crippen LogP contribution in [0.5, 0.6) is 0 Å². The van der Waals surface area contributed by atoms with Gasteiger partial charge < -0.3 is 10.1 Å². The summed E-state index contributed by atoms with van der Waals surface area (Å²) in [7, 11) is 1.33. The first-order valence-electron chi connectivity index (χ1n) is 7.24. The molecule has 1 aliphatic rings. The third kappa shape index (κ3) is 4.28. The number of benzene rings is 1. The van der Waals surface area contributed by atoms with Gasteiger partial charge in [-0.05, 0) is 48.9 Å². The molecule has 4 nitrogen and oxygen atoms in total. The number of methoxy groups -OCH3 is 1. The fourth-order valence-corrected chi connectivity index (χ4v) is 2.68. The zero-order chi connectivity index (χ0) is 15.2. The number of nitrogens with one attached hydrogen (secondary N) is 1. The van der Waals surface area contributed by atoms with Gasteiger partial charge in [-0.15, -0.1) is 0 Å². The first-order chi connectivity index (χ1) is 10.1. The van der Waals surface area contributed by atoms with Crippen LogP contribution in [0.15, 0.2) is 18.2 Å². The molecule has 1 unspecified atom stereocenters. The number of hydrogen-bond acceptors (Lipinski definition) is 3. The maximum Gasteiger partial charge on any atom is 0.305 e. The number of rotatable bonds is 5. The Bertz CT molecular complexity index is 530. The molecule has 0 bridgehead atoms. The molecule has 0 spiro atoms. The second kappa shape index (κ2) is 7.20. The summed E-state index contributed by atoms with van der Waals surface area (Å²) in [6.07, 6.45) is 3.69. The van der Waals surface area contributed by atoms with Gasteiger partial charge >= 0.3 is 5.97 Å². The largest absolute Gasteiger partial charge is 0.469 e. The number of carbonyl (C=O) groups is 2. The van der Waals surface area contributed by atoms with Crippen molar-refractivity contribution in [2.24, 2.45) is 0 Å². The number of halogens is 1. The first kappa shape index (κ1) is 15.5. The predicted octanol–water partition coefficient (Wildman–Crippen LogP) is 2.66. The Balaban J connectivity index is 1.90. The maximum atomic E-state index is 13.4. The number of amides is 1. The van der Waals surface area contributed by atoms with E-state index in [4.69, 9.17) is 0 Å². The number of fused-ring (bicyclic) bond motifs is 1. The number of aryl methyl sites for hydroxylation is 1. The van der Waals surface area contributed by atoms with E-state index in [-0.39, 0.29) is 36.6 Å². The Morgan fingerprint density at radius 1 is 1.38 bits per heavy atom. The second-order valence-electron chi connectivity index (χ2n) is 5.29. The van der Waals surface area contributed by atoms with Gasteiger partial charge in [-0.25, -0.2) is 4.39 Å². The van der Waals surface area contributed by atoms with E-state index in [1.54, 1.807) is 6.07 Å². The number of carbonyl (C=O) groups excluding carboxylic acids is 2. The molecular formula is C16H20FNO3. The van der Waals surface area contributed by atoms with Crippen LogP contribution in [0.4, 0.5) is 4.39 Å². The highest BCUT2D eigenvalue weighted by atomic mass is 19.1. The topological polar surface area (TPSA) is 55.4 Å². The van der Waals surface area contributed by atoms with Gasteiger partial charge in [-0.3, -0.25) is 9.59 Å². The number of esters is 1. The summed E-state index contributed by atoms with van der Waals surface area (Å²) >= 11 is 0. The van der Waals surface area contributed by atoms with E-state index >= 15 is 0 Å². The minimum atomic E-state index is -0.312. The van der Waals surface area contributed by atoms with Crippen molar-refractivity contribution >= 4 is 11.9 Å². The maximum absolute atomic E-state index is 13.4. The summed E-state index contributed by atoms with van der Waals surface area (Å²) in [6.45, 7) is 0. The van der Waals surface area contributed by atoms with Crippen molar-refractivity contribution in [2.75, 3.05) is 7.11 Å². The van der Waals surface area contributed by atoms with E-state index in [0.29, 0.717) is 6.42 Å². The minimum Gasteiger partial charge on any atom is -0.469 e. The molecule has 1 aromatic carbocycles. The fourth-order valence-electron chi connectivity index (χ4n) is 2.68. The molecule has 0 heterocycles. The summed E-state index contributed by atoms with van der Waals surface area (Å²) in [5.41, 5.74) is 1.98. The van der Waals surface area contributed by atoms with Crippen molar-refractivity contribution in [1.82, 2.24) is 5.32 Å². The van der Waals surface area contributed by atoms with Gasteiger partial charge in [-0.2, -0.15) is 0 Å². The smallest absolute Gasteiger partial charge is 0.305 e. The van der Waals surface area contributed by atoms with Crippen molar-refractivity contribution in [3.8, 4) is 0 Å². The molecule has 21 heavy (non-hydrogen) atoms. The van der Waals surface area contributed by atoms with Crippen molar-refractivity contribution in [3.63, 3.8) is 0 Å². The standard InChI is InChI=1S/C16H20FNO3/c1-21-16(20)7-3-6-15(19)18-14-5-2-4-11-8-9-12(17)10-13(11)14/h8-10,14H,2-7H2,1H3,(H,18,19). The molecule has 1 aromatic rings. The summed E-state index contributed by atoms with van der Waals surface area (Å²) in [5, 5.41) is 2.94. The van der Waals surface area contributed by atoms with E-state index in [0.717, 1.165) is 30.4 Å². The highest BCUT2D eigenvalue weighted by molar-refractivity contribution is 5.77. The molecule has 0 saturated carbocycles. The van der Waals surface area contributed by atoms with Crippen LogP contribution >= 0.6 is 0 Å². The summed E-state index contributed by atoms with van der Waals surface area (Å²) in [4.78, 5) is 22.9. The van der Waals surface area contributed by atoms with E-state index < -0.39 is 0 Å². The molecular weight excluding hydrogens is 273 g/mol. The molecule has 5 heteroatoms. The highest BCUT2D eigenvalue weighted by Gasteiger charge is 2.22.